The van der Waals surface area contributed by atoms with Crippen molar-refractivity contribution in [3.8, 4) is 6.07 Å². The van der Waals surface area contributed by atoms with Gasteiger partial charge in [-0.15, -0.1) is 0 Å². The van der Waals surface area contributed by atoms with Gasteiger partial charge in [0.1, 0.15) is 11.6 Å². The molecule has 2 nitrogen and oxygen atoms in total. The second-order valence-corrected chi connectivity index (χ2v) is 6.06. The Labute approximate surface area is 141 Å². The summed E-state index contributed by atoms with van der Waals surface area (Å²) in [4.78, 5) is 0. The molecule has 3 rings (SSSR count). The summed E-state index contributed by atoms with van der Waals surface area (Å²) in [7, 11) is 0. The van der Waals surface area contributed by atoms with Crippen LogP contribution in [-0.2, 0) is 11.2 Å². The summed E-state index contributed by atoms with van der Waals surface area (Å²) >= 11 is 0. The van der Waals surface area contributed by atoms with Gasteiger partial charge in [-0.2, -0.15) is 5.26 Å². The lowest BCUT2D eigenvalue weighted by Gasteiger charge is -2.13. The molecule has 0 fully saturated rings. The van der Waals surface area contributed by atoms with Gasteiger partial charge in [0.2, 0.25) is 0 Å². The first-order valence-electron chi connectivity index (χ1n) is 7.84. The Hall–Kier alpha value is -2.86. The van der Waals surface area contributed by atoms with Crippen molar-refractivity contribution in [1.82, 2.24) is 0 Å². The van der Waals surface area contributed by atoms with Gasteiger partial charge in [-0.05, 0) is 60.9 Å². The molecule has 0 aromatic heterocycles. The van der Waals surface area contributed by atoms with Crippen LogP contribution in [0.2, 0.25) is 0 Å². The predicted molar refractivity (Wildman–Crippen MR) is 92.4 cm³/mol. The number of rotatable bonds is 4. The fraction of sp³-hybridized carbons (Fsp3) is 0.190. The molecule has 0 amide bonds. The molecule has 120 valence electrons. The van der Waals surface area contributed by atoms with Gasteiger partial charge in [0.05, 0.1) is 18.2 Å². The van der Waals surface area contributed by atoms with E-state index in [0.29, 0.717) is 12.2 Å². The number of hydrogen-bond acceptors (Lipinski definition) is 2. The summed E-state index contributed by atoms with van der Waals surface area (Å²) in [6.07, 6.45) is 0.718. The van der Waals surface area contributed by atoms with Crippen molar-refractivity contribution < 1.29 is 9.13 Å². The van der Waals surface area contributed by atoms with Crippen molar-refractivity contribution in [3.05, 3.63) is 88.8 Å². The van der Waals surface area contributed by atoms with E-state index in [1.165, 1.54) is 12.1 Å². The predicted octanol–water partition coefficient (Wildman–Crippen LogP) is 4.87. The Morgan fingerprint density at radius 3 is 2.46 bits per heavy atom. The largest absolute Gasteiger partial charge is 0.492 e. The molecule has 2 aromatic rings. The third-order valence-corrected chi connectivity index (χ3v) is 4.29. The molecule has 0 saturated carbocycles. The average molecular weight is 319 g/mol. The van der Waals surface area contributed by atoms with E-state index < -0.39 is 0 Å². The van der Waals surface area contributed by atoms with Crippen LogP contribution >= 0.6 is 0 Å². The SMILES string of the molecule is C=C(C)C1COC(c2ccc(F)cc2)=C1Cc1ccc(C#N)cc1. The van der Waals surface area contributed by atoms with Crippen molar-refractivity contribution in [2.45, 2.75) is 13.3 Å². The fourth-order valence-electron chi connectivity index (χ4n) is 2.95. The second kappa shape index (κ2) is 6.72. The minimum Gasteiger partial charge on any atom is -0.492 e. The molecule has 0 spiro atoms. The number of ether oxygens (including phenoxy) is 1. The van der Waals surface area contributed by atoms with Crippen molar-refractivity contribution in [2.24, 2.45) is 5.92 Å². The zero-order valence-corrected chi connectivity index (χ0v) is 13.6. The summed E-state index contributed by atoms with van der Waals surface area (Å²) < 4.78 is 19.1. The zero-order valence-electron chi connectivity index (χ0n) is 13.6. The third kappa shape index (κ3) is 3.23. The van der Waals surface area contributed by atoms with E-state index in [2.05, 4.69) is 12.6 Å². The lowest BCUT2D eigenvalue weighted by Crippen LogP contribution is -2.07. The van der Waals surface area contributed by atoms with Crippen LogP contribution in [0.25, 0.3) is 5.76 Å². The zero-order chi connectivity index (χ0) is 17.1. The van der Waals surface area contributed by atoms with Crippen molar-refractivity contribution in [2.75, 3.05) is 6.61 Å². The maximum Gasteiger partial charge on any atom is 0.126 e. The van der Waals surface area contributed by atoms with Crippen LogP contribution in [0.5, 0.6) is 0 Å². The van der Waals surface area contributed by atoms with Crippen LogP contribution in [0.1, 0.15) is 23.6 Å². The molecule has 0 aliphatic carbocycles. The second-order valence-electron chi connectivity index (χ2n) is 6.06. The van der Waals surface area contributed by atoms with Crippen LogP contribution in [0.3, 0.4) is 0 Å². The summed E-state index contributed by atoms with van der Waals surface area (Å²) in [5, 5.41) is 8.92. The Kier molecular flexibility index (Phi) is 4.48. The lowest BCUT2D eigenvalue weighted by molar-refractivity contribution is 0.282. The maximum atomic E-state index is 13.2. The molecule has 2 aromatic carbocycles. The highest BCUT2D eigenvalue weighted by Crippen LogP contribution is 2.37. The summed E-state index contributed by atoms with van der Waals surface area (Å²) in [5.41, 5.74) is 4.84. The van der Waals surface area contributed by atoms with Crippen molar-refractivity contribution >= 4 is 5.76 Å². The maximum absolute atomic E-state index is 13.2. The van der Waals surface area contributed by atoms with E-state index >= 15 is 0 Å². The summed E-state index contributed by atoms with van der Waals surface area (Å²) in [6, 6.07) is 16.1. The monoisotopic (exact) mass is 319 g/mol. The Morgan fingerprint density at radius 1 is 1.21 bits per heavy atom. The van der Waals surface area contributed by atoms with Crippen molar-refractivity contribution in [3.63, 3.8) is 0 Å². The number of halogens is 1. The number of benzene rings is 2. The van der Waals surface area contributed by atoms with Crippen LogP contribution in [0, 0.1) is 23.1 Å². The highest BCUT2D eigenvalue weighted by atomic mass is 19.1. The van der Waals surface area contributed by atoms with Gasteiger partial charge in [-0.25, -0.2) is 4.39 Å². The van der Waals surface area contributed by atoms with Crippen molar-refractivity contribution in [1.29, 1.82) is 5.26 Å². The van der Waals surface area contributed by atoms with Gasteiger partial charge >= 0.3 is 0 Å². The first-order chi connectivity index (χ1) is 11.6. The van der Waals surface area contributed by atoms with E-state index in [1.807, 2.05) is 31.2 Å². The van der Waals surface area contributed by atoms with Gasteiger partial charge in [-0.1, -0.05) is 24.3 Å². The normalized spacial score (nSPS) is 16.6. The Bertz CT molecular complexity index is 826. The minimum absolute atomic E-state index is 0.153. The van der Waals surface area contributed by atoms with Gasteiger partial charge < -0.3 is 4.74 Å². The molecule has 0 bridgehead atoms. The van der Waals surface area contributed by atoms with E-state index in [9.17, 15) is 4.39 Å². The van der Waals surface area contributed by atoms with E-state index in [4.69, 9.17) is 10.00 Å². The molecule has 1 unspecified atom stereocenters. The van der Waals surface area contributed by atoms with Crippen LogP contribution < -0.4 is 0 Å². The third-order valence-electron chi connectivity index (χ3n) is 4.29. The first-order valence-corrected chi connectivity index (χ1v) is 7.84. The minimum atomic E-state index is -0.262. The standard InChI is InChI=1S/C21H18FNO/c1-14(2)20-13-24-21(17-7-9-18(22)10-8-17)19(20)11-15-3-5-16(12-23)6-4-15/h3-10,20H,1,11,13H2,2H3. The highest BCUT2D eigenvalue weighted by molar-refractivity contribution is 5.67. The van der Waals surface area contributed by atoms with Gasteiger partial charge in [0.15, 0.2) is 0 Å². The summed E-state index contributed by atoms with van der Waals surface area (Å²) in [6.45, 7) is 6.64. The molecule has 3 heteroatoms. The molecule has 0 N–H and O–H groups in total. The van der Waals surface area contributed by atoms with E-state index in [-0.39, 0.29) is 11.7 Å². The average Bonchev–Trinajstić information content (AvgIpc) is 3.00. The molecule has 24 heavy (non-hydrogen) atoms. The molecular formula is C21H18FNO. The molecule has 0 radical (unpaired) electrons. The van der Waals surface area contributed by atoms with Gasteiger partial charge in [0.25, 0.3) is 0 Å². The van der Waals surface area contributed by atoms with E-state index in [0.717, 1.165) is 34.5 Å². The number of nitrogens with zero attached hydrogens (tertiary/aromatic N) is 1. The quantitative estimate of drug-likeness (QED) is 0.753. The molecule has 0 saturated heterocycles. The fourth-order valence-corrected chi connectivity index (χ4v) is 2.95. The summed E-state index contributed by atoms with van der Waals surface area (Å²) in [5.74, 6) is 0.704. The first kappa shape index (κ1) is 16.0. The molecule has 1 aliphatic heterocycles. The molecular weight excluding hydrogens is 301 g/mol. The van der Waals surface area contributed by atoms with Gasteiger partial charge in [-0.3, -0.25) is 0 Å². The van der Waals surface area contributed by atoms with Crippen LogP contribution in [0.15, 0.2) is 66.3 Å². The van der Waals surface area contributed by atoms with E-state index in [1.54, 1.807) is 12.1 Å². The Balaban J connectivity index is 1.98. The highest BCUT2D eigenvalue weighted by Gasteiger charge is 2.28. The molecule has 1 aliphatic rings. The molecule has 1 atom stereocenters. The van der Waals surface area contributed by atoms with Crippen LogP contribution in [0.4, 0.5) is 4.39 Å². The lowest BCUT2D eigenvalue weighted by atomic mass is 9.88. The molecule has 1 heterocycles. The van der Waals surface area contributed by atoms with Gasteiger partial charge in [0, 0.05) is 11.5 Å². The number of nitriles is 1. The smallest absolute Gasteiger partial charge is 0.126 e. The Morgan fingerprint density at radius 2 is 1.88 bits per heavy atom. The van der Waals surface area contributed by atoms with Crippen LogP contribution in [-0.4, -0.2) is 6.61 Å². The topological polar surface area (TPSA) is 33.0 Å². The number of hydrogen-bond donors (Lipinski definition) is 0.